The van der Waals surface area contributed by atoms with Crippen LogP contribution in [0.15, 0.2) is 30.5 Å². The number of amides is 1. The molecule has 0 bridgehead atoms. The lowest BCUT2D eigenvalue weighted by Crippen LogP contribution is -2.27. The third kappa shape index (κ3) is 3.33. The molecule has 1 aromatic carbocycles. The summed E-state index contributed by atoms with van der Waals surface area (Å²) >= 11 is 0. The number of aromatic nitrogens is 1. The molecule has 0 aliphatic rings. The van der Waals surface area contributed by atoms with E-state index in [4.69, 9.17) is 9.84 Å². The van der Waals surface area contributed by atoms with Crippen LogP contribution in [0.25, 0.3) is 10.9 Å². The number of rotatable bonds is 6. The molecule has 19 heavy (non-hydrogen) atoms. The number of aliphatic hydroxyl groups excluding tert-OH is 1. The number of nitrogens with zero attached hydrogens (tertiary/aromatic N) is 1. The summed E-state index contributed by atoms with van der Waals surface area (Å²) in [6.07, 6.45) is 1.97. The number of aliphatic hydroxyl groups is 1. The van der Waals surface area contributed by atoms with Crippen LogP contribution in [-0.2, 0) is 11.8 Å². The van der Waals surface area contributed by atoms with Gasteiger partial charge in [0.25, 0.3) is 5.91 Å². The van der Waals surface area contributed by atoms with Crippen LogP contribution < -0.4 is 5.32 Å². The van der Waals surface area contributed by atoms with Gasteiger partial charge in [0.1, 0.15) is 0 Å². The normalized spacial score (nSPS) is 10.8. The lowest BCUT2D eigenvalue weighted by atomic mass is 10.1. The van der Waals surface area contributed by atoms with E-state index in [1.54, 1.807) is 0 Å². The Morgan fingerprint density at radius 2 is 2.21 bits per heavy atom. The van der Waals surface area contributed by atoms with Gasteiger partial charge in [0, 0.05) is 36.3 Å². The number of aryl methyl sites for hydroxylation is 1. The van der Waals surface area contributed by atoms with E-state index in [-0.39, 0.29) is 12.5 Å². The molecule has 2 aromatic rings. The van der Waals surface area contributed by atoms with E-state index in [1.807, 2.05) is 42.1 Å². The van der Waals surface area contributed by atoms with Crippen molar-refractivity contribution in [1.29, 1.82) is 0 Å². The van der Waals surface area contributed by atoms with Crippen molar-refractivity contribution in [3.05, 3.63) is 36.0 Å². The predicted octanol–water partition coefficient (Wildman–Crippen LogP) is 0.917. The molecule has 1 amide bonds. The van der Waals surface area contributed by atoms with Crippen LogP contribution in [0.3, 0.4) is 0 Å². The van der Waals surface area contributed by atoms with Crippen molar-refractivity contribution in [3.8, 4) is 0 Å². The second kappa shape index (κ2) is 6.36. The lowest BCUT2D eigenvalue weighted by Gasteiger charge is -2.06. The highest BCUT2D eigenvalue weighted by Crippen LogP contribution is 2.16. The minimum absolute atomic E-state index is 0.00137. The molecular weight excluding hydrogens is 244 g/mol. The van der Waals surface area contributed by atoms with Gasteiger partial charge in [-0.1, -0.05) is 0 Å². The molecule has 102 valence electrons. The summed E-state index contributed by atoms with van der Waals surface area (Å²) in [4.78, 5) is 11.9. The zero-order chi connectivity index (χ0) is 13.7. The third-order valence-electron chi connectivity index (χ3n) is 2.91. The average Bonchev–Trinajstić information content (AvgIpc) is 2.79. The van der Waals surface area contributed by atoms with E-state index in [1.165, 1.54) is 0 Å². The maximum absolute atomic E-state index is 11.9. The van der Waals surface area contributed by atoms with E-state index in [0.717, 1.165) is 10.9 Å². The van der Waals surface area contributed by atoms with Crippen LogP contribution in [0.5, 0.6) is 0 Å². The Labute approximate surface area is 111 Å². The number of carbonyl (C=O) groups is 1. The zero-order valence-electron chi connectivity index (χ0n) is 10.9. The molecule has 1 aromatic heterocycles. The molecule has 1 heterocycles. The summed E-state index contributed by atoms with van der Waals surface area (Å²) in [7, 11) is 1.97. The first-order chi connectivity index (χ1) is 9.22. The van der Waals surface area contributed by atoms with Gasteiger partial charge < -0.3 is 19.7 Å². The summed E-state index contributed by atoms with van der Waals surface area (Å²) < 4.78 is 7.09. The van der Waals surface area contributed by atoms with Crippen molar-refractivity contribution in [2.24, 2.45) is 7.05 Å². The average molecular weight is 262 g/mol. The molecule has 0 fully saturated rings. The molecule has 0 saturated carbocycles. The Balaban J connectivity index is 1.93. The minimum atomic E-state index is -0.113. The fourth-order valence-electron chi connectivity index (χ4n) is 1.93. The maximum atomic E-state index is 11.9. The van der Waals surface area contributed by atoms with Gasteiger partial charge in [0.2, 0.25) is 0 Å². The zero-order valence-corrected chi connectivity index (χ0v) is 10.9. The van der Waals surface area contributed by atoms with Crippen molar-refractivity contribution in [2.75, 3.05) is 26.4 Å². The van der Waals surface area contributed by atoms with Gasteiger partial charge in [0.05, 0.1) is 19.8 Å². The third-order valence-corrected chi connectivity index (χ3v) is 2.91. The van der Waals surface area contributed by atoms with Crippen LogP contribution in [0.2, 0.25) is 0 Å². The Hall–Kier alpha value is -1.85. The Morgan fingerprint density at radius 3 is 3.00 bits per heavy atom. The molecule has 0 unspecified atom stereocenters. The van der Waals surface area contributed by atoms with Gasteiger partial charge >= 0.3 is 0 Å². The quantitative estimate of drug-likeness (QED) is 0.761. The standard InChI is InChI=1S/C14H18N2O3/c1-16-6-4-11-10-12(2-3-13(11)16)14(18)15-5-8-19-9-7-17/h2-4,6,10,17H,5,7-9H2,1H3,(H,15,18). The second-order valence-electron chi connectivity index (χ2n) is 4.29. The molecule has 0 aliphatic heterocycles. The predicted molar refractivity (Wildman–Crippen MR) is 73.2 cm³/mol. The fraction of sp³-hybridized carbons (Fsp3) is 0.357. The number of hydrogen-bond donors (Lipinski definition) is 2. The number of carbonyl (C=O) groups excluding carboxylic acids is 1. The van der Waals surface area contributed by atoms with Crippen LogP contribution in [-0.4, -0.2) is 41.9 Å². The van der Waals surface area contributed by atoms with Crippen molar-refractivity contribution >= 4 is 16.8 Å². The second-order valence-corrected chi connectivity index (χ2v) is 4.29. The van der Waals surface area contributed by atoms with Crippen molar-refractivity contribution in [1.82, 2.24) is 9.88 Å². The molecule has 0 aliphatic carbocycles. The van der Waals surface area contributed by atoms with Crippen LogP contribution in [0, 0.1) is 0 Å². The molecule has 2 rings (SSSR count). The molecule has 0 atom stereocenters. The molecule has 5 nitrogen and oxygen atoms in total. The van der Waals surface area contributed by atoms with Crippen LogP contribution in [0.1, 0.15) is 10.4 Å². The lowest BCUT2D eigenvalue weighted by molar-refractivity contribution is 0.0838. The summed E-state index contributed by atoms with van der Waals surface area (Å²) in [5.74, 6) is -0.113. The Kier molecular flexibility index (Phi) is 4.54. The first kappa shape index (κ1) is 13.6. The first-order valence-electron chi connectivity index (χ1n) is 6.24. The molecule has 0 radical (unpaired) electrons. The smallest absolute Gasteiger partial charge is 0.251 e. The van der Waals surface area contributed by atoms with E-state index >= 15 is 0 Å². The monoisotopic (exact) mass is 262 g/mol. The van der Waals surface area contributed by atoms with E-state index < -0.39 is 0 Å². The largest absolute Gasteiger partial charge is 0.394 e. The molecule has 2 N–H and O–H groups in total. The van der Waals surface area contributed by atoms with E-state index in [0.29, 0.717) is 25.3 Å². The van der Waals surface area contributed by atoms with E-state index in [2.05, 4.69) is 5.32 Å². The van der Waals surface area contributed by atoms with Gasteiger partial charge in [-0.3, -0.25) is 4.79 Å². The van der Waals surface area contributed by atoms with Crippen LogP contribution in [0.4, 0.5) is 0 Å². The highest BCUT2D eigenvalue weighted by Gasteiger charge is 2.06. The van der Waals surface area contributed by atoms with Gasteiger partial charge in [-0.15, -0.1) is 0 Å². The summed E-state index contributed by atoms with van der Waals surface area (Å²) in [5.41, 5.74) is 1.74. The Morgan fingerprint density at radius 1 is 1.37 bits per heavy atom. The first-order valence-corrected chi connectivity index (χ1v) is 6.24. The topological polar surface area (TPSA) is 63.5 Å². The van der Waals surface area contributed by atoms with Crippen molar-refractivity contribution < 1.29 is 14.6 Å². The maximum Gasteiger partial charge on any atom is 0.251 e. The number of nitrogens with one attached hydrogen (secondary N) is 1. The van der Waals surface area contributed by atoms with Gasteiger partial charge in [-0.25, -0.2) is 0 Å². The SMILES string of the molecule is Cn1ccc2cc(C(=O)NCCOCCO)ccc21. The highest BCUT2D eigenvalue weighted by atomic mass is 16.5. The summed E-state index contributed by atoms with van der Waals surface area (Å²) in [6.45, 7) is 1.13. The fourth-order valence-corrected chi connectivity index (χ4v) is 1.93. The molecule has 0 spiro atoms. The molecule has 0 saturated heterocycles. The summed E-state index contributed by atoms with van der Waals surface area (Å²) in [5, 5.41) is 12.4. The highest BCUT2D eigenvalue weighted by molar-refractivity contribution is 5.98. The molecule has 5 heteroatoms. The number of ether oxygens (including phenoxy) is 1. The van der Waals surface area contributed by atoms with Crippen LogP contribution >= 0.6 is 0 Å². The van der Waals surface area contributed by atoms with E-state index in [9.17, 15) is 4.79 Å². The number of hydrogen-bond acceptors (Lipinski definition) is 3. The molecular formula is C14H18N2O3. The Bertz CT molecular complexity index is 563. The number of fused-ring (bicyclic) bond motifs is 1. The minimum Gasteiger partial charge on any atom is -0.394 e. The van der Waals surface area contributed by atoms with Gasteiger partial charge in [-0.2, -0.15) is 0 Å². The number of benzene rings is 1. The van der Waals surface area contributed by atoms with Gasteiger partial charge in [0.15, 0.2) is 0 Å². The van der Waals surface area contributed by atoms with Crippen molar-refractivity contribution in [2.45, 2.75) is 0 Å². The van der Waals surface area contributed by atoms with Gasteiger partial charge in [-0.05, 0) is 24.3 Å². The summed E-state index contributed by atoms with van der Waals surface area (Å²) in [6, 6.07) is 7.61. The van der Waals surface area contributed by atoms with Crippen molar-refractivity contribution in [3.63, 3.8) is 0 Å².